The van der Waals surface area contributed by atoms with Crippen LogP contribution in [0.3, 0.4) is 0 Å². The lowest BCUT2D eigenvalue weighted by atomic mass is 10.3. The molecule has 0 fully saturated rings. The highest BCUT2D eigenvalue weighted by Gasteiger charge is 2.11. The van der Waals surface area contributed by atoms with E-state index in [1.165, 1.54) is 6.33 Å². The maximum Gasteiger partial charge on any atom is 0.260 e. The van der Waals surface area contributed by atoms with Crippen LogP contribution in [0.1, 0.15) is 19.4 Å². The van der Waals surface area contributed by atoms with Gasteiger partial charge in [0.05, 0.1) is 30.7 Å². The molecule has 0 spiro atoms. The lowest BCUT2D eigenvalue weighted by Crippen LogP contribution is -2.07. The molecule has 1 N–H and O–H groups in total. The van der Waals surface area contributed by atoms with Crippen molar-refractivity contribution >= 4 is 11.0 Å². The fraction of sp³-hybridized carbons (Fsp3) is 0.267. The molecule has 110 valence electrons. The summed E-state index contributed by atoms with van der Waals surface area (Å²) < 4.78 is 6.87. The molecule has 0 aliphatic carbocycles. The SMILES string of the molecule is CC.COc1ccc(-n2cc(C)c3c(=O)[nH]cnc32)cn1. The molecule has 0 aromatic carbocycles. The van der Waals surface area contributed by atoms with E-state index >= 15 is 0 Å². The Morgan fingerprint density at radius 2 is 2.00 bits per heavy atom. The monoisotopic (exact) mass is 286 g/mol. The smallest absolute Gasteiger partial charge is 0.260 e. The Morgan fingerprint density at radius 3 is 2.62 bits per heavy atom. The van der Waals surface area contributed by atoms with Gasteiger partial charge >= 0.3 is 0 Å². The molecular weight excluding hydrogens is 268 g/mol. The second-order valence-electron chi connectivity index (χ2n) is 4.17. The average molecular weight is 286 g/mol. The van der Waals surface area contributed by atoms with E-state index in [-0.39, 0.29) is 5.56 Å². The fourth-order valence-corrected chi connectivity index (χ4v) is 2.08. The number of H-pyrrole nitrogens is 1. The summed E-state index contributed by atoms with van der Waals surface area (Å²) in [6.45, 7) is 5.88. The lowest BCUT2D eigenvalue weighted by molar-refractivity contribution is 0.398. The van der Waals surface area contributed by atoms with Crippen LogP contribution in [-0.4, -0.2) is 26.6 Å². The maximum atomic E-state index is 11.8. The summed E-state index contributed by atoms with van der Waals surface area (Å²) in [6, 6.07) is 3.64. The van der Waals surface area contributed by atoms with E-state index in [4.69, 9.17) is 4.74 Å². The van der Waals surface area contributed by atoms with E-state index in [9.17, 15) is 4.79 Å². The molecule has 3 aromatic heterocycles. The predicted molar refractivity (Wildman–Crippen MR) is 82.1 cm³/mol. The number of methoxy groups -OCH3 is 1. The van der Waals surface area contributed by atoms with Crippen LogP contribution in [0.4, 0.5) is 0 Å². The first-order valence-corrected chi connectivity index (χ1v) is 6.76. The van der Waals surface area contributed by atoms with Crippen molar-refractivity contribution < 1.29 is 4.74 Å². The largest absolute Gasteiger partial charge is 0.481 e. The van der Waals surface area contributed by atoms with Crippen LogP contribution in [0, 0.1) is 6.92 Å². The average Bonchev–Trinajstić information content (AvgIpc) is 2.88. The van der Waals surface area contributed by atoms with Crippen molar-refractivity contribution in [3.05, 3.63) is 46.8 Å². The molecule has 0 amide bonds. The highest BCUT2D eigenvalue weighted by atomic mass is 16.5. The number of ether oxygens (including phenoxy) is 1. The Morgan fingerprint density at radius 1 is 1.24 bits per heavy atom. The number of nitrogens with one attached hydrogen (secondary N) is 1. The van der Waals surface area contributed by atoms with Crippen molar-refractivity contribution in [2.45, 2.75) is 20.8 Å². The van der Waals surface area contributed by atoms with Gasteiger partial charge in [-0.15, -0.1) is 0 Å². The van der Waals surface area contributed by atoms with Crippen LogP contribution in [-0.2, 0) is 0 Å². The van der Waals surface area contributed by atoms with Crippen molar-refractivity contribution in [1.82, 2.24) is 19.5 Å². The molecule has 3 heterocycles. The lowest BCUT2D eigenvalue weighted by Gasteiger charge is -2.04. The summed E-state index contributed by atoms with van der Waals surface area (Å²) in [7, 11) is 1.57. The number of aryl methyl sites for hydroxylation is 1. The van der Waals surface area contributed by atoms with Crippen molar-refractivity contribution in [2.75, 3.05) is 7.11 Å². The number of pyridine rings is 1. The Hall–Kier alpha value is -2.63. The first kappa shape index (κ1) is 14.8. The van der Waals surface area contributed by atoms with E-state index in [1.807, 2.05) is 37.6 Å². The van der Waals surface area contributed by atoms with Gasteiger partial charge in [-0.05, 0) is 18.6 Å². The second-order valence-corrected chi connectivity index (χ2v) is 4.17. The highest BCUT2D eigenvalue weighted by molar-refractivity contribution is 5.80. The minimum atomic E-state index is -0.136. The molecule has 3 aromatic rings. The molecule has 0 atom stereocenters. The van der Waals surface area contributed by atoms with E-state index < -0.39 is 0 Å². The topological polar surface area (TPSA) is 72.8 Å². The van der Waals surface area contributed by atoms with Gasteiger partial charge in [-0.3, -0.25) is 9.36 Å². The normalized spacial score (nSPS) is 10.1. The number of aromatic amines is 1. The van der Waals surface area contributed by atoms with Gasteiger partial charge in [0.1, 0.15) is 0 Å². The zero-order valence-electron chi connectivity index (χ0n) is 12.5. The molecule has 0 aliphatic rings. The molecule has 0 saturated heterocycles. The van der Waals surface area contributed by atoms with E-state index in [0.717, 1.165) is 11.3 Å². The summed E-state index contributed by atoms with van der Waals surface area (Å²) in [4.78, 5) is 22.8. The van der Waals surface area contributed by atoms with Gasteiger partial charge in [-0.2, -0.15) is 0 Å². The van der Waals surface area contributed by atoms with Crippen molar-refractivity contribution in [3.63, 3.8) is 0 Å². The van der Waals surface area contributed by atoms with Gasteiger partial charge in [-0.1, -0.05) is 13.8 Å². The van der Waals surface area contributed by atoms with Crippen molar-refractivity contribution in [3.8, 4) is 11.6 Å². The van der Waals surface area contributed by atoms with E-state index in [0.29, 0.717) is 16.9 Å². The Balaban J connectivity index is 0.000000774. The predicted octanol–water partition coefficient (Wildman–Crippen LogP) is 2.45. The standard InChI is InChI=1S/C13H12N4O2.C2H6/c1-8-6-17(9-3-4-10(19-2)14-5-9)12-11(8)13(18)16-7-15-12;1-2/h3-7H,1-2H3,(H,15,16,18);1-2H3. The van der Waals surface area contributed by atoms with Crippen LogP contribution in [0.25, 0.3) is 16.7 Å². The van der Waals surface area contributed by atoms with Crippen LogP contribution in [0.2, 0.25) is 0 Å². The maximum absolute atomic E-state index is 11.8. The number of hydrogen-bond donors (Lipinski definition) is 1. The molecule has 0 aliphatic heterocycles. The molecule has 0 unspecified atom stereocenters. The van der Waals surface area contributed by atoms with Crippen molar-refractivity contribution in [2.24, 2.45) is 0 Å². The van der Waals surface area contributed by atoms with E-state index in [2.05, 4.69) is 15.0 Å². The molecule has 21 heavy (non-hydrogen) atoms. The van der Waals surface area contributed by atoms with Gasteiger partial charge in [0.2, 0.25) is 5.88 Å². The van der Waals surface area contributed by atoms with E-state index in [1.54, 1.807) is 19.4 Å². The Labute approximate surface area is 122 Å². The highest BCUT2D eigenvalue weighted by Crippen LogP contribution is 2.20. The fourth-order valence-electron chi connectivity index (χ4n) is 2.08. The number of hydrogen-bond acceptors (Lipinski definition) is 4. The van der Waals surface area contributed by atoms with Gasteiger partial charge in [-0.25, -0.2) is 9.97 Å². The molecule has 0 saturated carbocycles. The third-order valence-electron chi connectivity index (χ3n) is 2.99. The number of aromatic nitrogens is 4. The van der Waals surface area contributed by atoms with Gasteiger partial charge in [0.15, 0.2) is 5.65 Å². The minimum absolute atomic E-state index is 0.136. The number of rotatable bonds is 2. The van der Waals surface area contributed by atoms with Gasteiger partial charge in [0, 0.05) is 12.3 Å². The summed E-state index contributed by atoms with van der Waals surface area (Å²) >= 11 is 0. The molecule has 0 radical (unpaired) electrons. The summed E-state index contributed by atoms with van der Waals surface area (Å²) in [5, 5.41) is 0.596. The second kappa shape index (κ2) is 6.21. The van der Waals surface area contributed by atoms with Gasteiger partial charge < -0.3 is 9.72 Å². The summed E-state index contributed by atoms with van der Waals surface area (Å²) in [5.41, 5.74) is 2.19. The van der Waals surface area contributed by atoms with Crippen LogP contribution in [0.5, 0.6) is 5.88 Å². The summed E-state index contributed by atoms with van der Waals surface area (Å²) in [5.74, 6) is 0.544. The van der Waals surface area contributed by atoms with Gasteiger partial charge in [0.25, 0.3) is 5.56 Å². The molecular formula is C15H18N4O2. The quantitative estimate of drug-likeness (QED) is 0.785. The Kier molecular flexibility index (Phi) is 4.37. The molecule has 6 heteroatoms. The first-order chi connectivity index (χ1) is 10.2. The third kappa shape index (κ3) is 2.65. The Bertz CT molecular complexity index is 788. The zero-order chi connectivity index (χ0) is 15.4. The number of fused-ring (bicyclic) bond motifs is 1. The third-order valence-corrected chi connectivity index (χ3v) is 2.99. The number of nitrogens with zero attached hydrogens (tertiary/aromatic N) is 3. The van der Waals surface area contributed by atoms with Crippen LogP contribution < -0.4 is 10.3 Å². The first-order valence-electron chi connectivity index (χ1n) is 6.76. The molecule has 6 nitrogen and oxygen atoms in total. The molecule has 0 bridgehead atoms. The van der Waals surface area contributed by atoms with Crippen LogP contribution >= 0.6 is 0 Å². The minimum Gasteiger partial charge on any atom is -0.481 e. The molecule has 3 rings (SSSR count). The van der Waals surface area contributed by atoms with Crippen molar-refractivity contribution in [1.29, 1.82) is 0 Å². The van der Waals surface area contributed by atoms with Crippen LogP contribution in [0.15, 0.2) is 35.6 Å². The summed E-state index contributed by atoms with van der Waals surface area (Å²) in [6.07, 6.45) is 4.95. The zero-order valence-corrected chi connectivity index (χ0v) is 12.5.